The second-order valence-corrected chi connectivity index (χ2v) is 9.33. The molecule has 0 atom stereocenters. The molecule has 0 spiro atoms. The molecule has 31 heavy (non-hydrogen) atoms. The van der Waals surface area contributed by atoms with Gasteiger partial charge in [0.1, 0.15) is 4.83 Å². The SMILES string of the molecule is Cc1sc2nc(SCc3nc(-c4ccco4)no3)n(-c3ccc(Cl)cc3)c(=O)c2c1C. The molecule has 0 fully saturated rings. The second kappa shape index (κ2) is 7.99. The summed E-state index contributed by atoms with van der Waals surface area (Å²) in [5.74, 6) is 1.67. The quantitative estimate of drug-likeness (QED) is 0.242. The Labute approximate surface area is 189 Å². The van der Waals surface area contributed by atoms with Crippen LogP contribution in [-0.4, -0.2) is 19.7 Å². The largest absolute Gasteiger partial charge is 0.461 e. The van der Waals surface area contributed by atoms with Crippen molar-refractivity contribution in [2.24, 2.45) is 0 Å². The van der Waals surface area contributed by atoms with E-state index < -0.39 is 0 Å². The Balaban J connectivity index is 1.56. The van der Waals surface area contributed by atoms with Gasteiger partial charge in [-0.25, -0.2) is 4.98 Å². The van der Waals surface area contributed by atoms with Crippen molar-refractivity contribution in [3.63, 3.8) is 0 Å². The number of benzene rings is 1. The van der Waals surface area contributed by atoms with Crippen LogP contribution in [0, 0.1) is 13.8 Å². The molecular formula is C21H15ClN4O3S2. The Morgan fingerprint density at radius 2 is 1.97 bits per heavy atom. The molecular weight excluding hydrogens is 456 g/mol. The highest BCUT2D eigenvalue weighted by molar-refractivity contribution is 7.98. The Morgan fingerprint density at radius 1 is 1.16 bits per heavy atom. The maximum absolute atomic E-state index is 13.5. The van der Waals surface area contributed by atoms with Gasteiger partial charge >= 0.3 is 0 Å². The number of rotatable bonds is 5. The molecule has 0 aliphatic heterocycles. The van der Waals surface area contributed by atoms with Crippen LogP contribution in [0.25, 0.3) is 27.5 Å². The molecule has 7 nitrogen and oxygen atoms in total. The molecule has 4 aromatic heterocycles. The fourth-order valence-electron chi connectivity index (χ4n) is 3.14. The molecule has 5 aromatic rings. The first-order valence-corrected chi connectivity index (χ1v) is 11.5. The monoisotopic (exact) mass is 470 g/mol. The van der Waals surface area contributed by atoms with Gasteiger partial charge in [-0.2, -0.15) is 4.98 Å². The van der Waals surface area contributed by atoms with Crippen molar-refractivity contribution in [2.45, 2.75) is 24.8 Å². The van der Waals surface area contributed by atoms with E-state index in [-0.39, 0.29) is 5.56 Å². The molecule has 156 valence electrons. The minimum Gasteiger partial charge on any atom is -0.461 e. The fraction of sp³-hybridized carbons (Fsp3) is 0.143. The van der Waals surface area contributed by atoms with Gasteiger partial charge in [0.05, 0.1) is 23.1 Å². The van der Waals surface area contributed by atoms with Crippen molar-refractivity contribution >= 4 is 44.9 Å². The average molecular weight is 471 g/mol. The second-order valence-electron chi connectivity index (χ2n) is 6.75. The van der Waals surface area contributed by atoms with E-state index in [1.54, 1.807) is 47.2 Å². The Bertz CT molecular complexity index is 1440. The predicted octanol–water partition coefficient (Wildman–Crippen LogP) is 5.65. The number of thiophene rings is 1. The highest BCUT2D eigenvalue weighted by atomic mass is 35.5. The van der Waals surface area contributed by atoms with Crippen LogP contribution >= 0.6 is 34.7 Å². The molecule has 5 rings (SSSR count). The van der Waals surface area contributed by atoms with Crippen LogP contribution in [0.5, 0.6) is 0 Å². The number of nitrogens with zero attached hydrogens (tertiary/aromatic N) is 4. The summed E-state index contributed by atoms with van der Waals surface area (Å²) in [7, 11) is 0. The van der Waals surface area contributed by atoms with Gasteiger partial charge < -0.3 is 8.94 Å². The number of hydrogen-bond donors (Lipinski definition) is 0. The van der Waals surface area contributed by atoms with Crippen LogP contribution in [0.2, 0.25) is 5.02 Å². The summed E-state index contributed by atoms with van der Waals surface area (Å²) in [6.07, 6.45) is 1.55. The highest BCUT2D eigenvalue weighted by Crippen LogP contribution is 2.31. The van der Waals surface area contributed by atoms with E-state index in [4.69, 9.17) is 25.5 Å². The number of fused-ring (bicyclic) bond motifs is 1. The molecule has 0 saturated carbocycles. The predicted molar refractivity (Wildman–Crippen MR) is 121 cm³/mol. The van der Waals surface area contributed by atoms with E-state index in [2.05, 4.69) is 10.1 Å². The van der Waals surface area contributed by atoms with E-state index in [1.165, 1.54) is 23.1 Å². The fourth-order valence-corrected chi connectivity index (χ4v) is 5.18. The summed E-state index contributed by atoms with van der Waals surface area (Å²) in [6.45, 7) is 3.94. The minimum atomic E-state index is -0.113. The summed E-state index contributed by atoms with van der Waals surface area (Å²) in [6, 6.07) is 10.6. The number of thioether (sulfide) groups is 1. The van der Waals surface area contributed by atoms with Gasteiger partial charge in [0.2, 0.25) is 11.7 Å². The van der Waals surface area contributed by atoms with E-state index in [0.717, 1.165) is 15.3 Å². The standard InChI is InChI=1S/C21H15ClN4O3S2/c1-11-12(2)31-19-17(11)20(27)26(14-7-5-13(22)6-8-14)21(24-19)30-10-16-23-18(25-29-16)15-4-3-9-28-15/h3-9H,10H2,1-2H3. The molecule has 4 heterocycles. The lowest BCUT2D eigenvalue weighted by Gasteiger charge is -2.11. The molecule has 0 unspecified atom stereocenters. The van der Waals surface area contributed by atoms with Crippen molar-refractivity contribution in [3.8, 4) is 17.3 Å². The summed E-state index contributed by atoms with van der Waals surface area (Å²) in [5.41, 5.74) is 1.53. The van der Waals surface area contributed by atoms with Crippen molar-refractivity contribution in [1.29, 1.82) is 0 Å². The van der Waals surface area contributed by atoms with Crippen molar-refractivity contribution in [3.05, 3.63) is 74.4 Å². The van der Waals surface area contributed by atoms with Gasteiger partial charge in [0.15, 0.2) is 10.9 Å². The first-order valence-electron chi connectivity index (χ1n) is 9.29. The van der Waals surface area contributed by atoms with E-state index in [0.29, 0.717) is 44.5 Å². The maximum Gasteiger partial charge on any atom is 0.267 e. The van der Waals surface area contributed by atoms with Crippen LogP contribution in [0.3, 0.4) is 0 Å². The van der Waals surface area contributed by atoms with E-state index >= 15 is 0 Å². The third-order valence-electron chi connectivity index (χ3n) is 4.79. The Hall–Kier alpha value is -2.88. The molecule has 0 bridgehead atoms. The van der Waals surface area contributed by atoms with Gasteiger partial charge in [-0.05, 0) is 55.8 Å². The first kappa shape index (κ1) is 20.0. The van der Waals surface area contributed by atoms with Crippen molar-refractivity contribution in [2.75, 3.05) is 0 Å². The third kappa shape index (κ3) is 3.69. The van der Waals surface area contributed by atoms with Gasteiger partial charge in [0.25, 0.3) is 5.56 Å². The summed E-state index contributed by atoms with van der Waals surface area (Å²) >= 11 is 8.91. The first-order chi connectivity index (χ1) is 15.0. The summed E-state index contributed by atoms with van der Waals surface area (Å²) < 4.78 is 12.2. The third-order valence-corrected chi connectivity index (χ3v) is 7.07. The summed E-state index contributed by atoms with van der Waals surface area (Å²) in [5, 5.41) is 5.72. The average Bonchev–Trinajstić information content (AvgIpc) is 3.49. The van der Waals surface area contributed by atoms with Gasteiger partial charge in [0, 0.05) is 9.90 Å². The zero-order valence-electron chi connectivity index (χ0n) is 16.5. The van der Waals surface area contributed by atoms with Crippen LogP contribution in [-0.2, 0) is 5.75 Å². The lowest BCUT2D eigenvalue weighted by atomic mass is 10.2. The van der Waals surface area contributed by atoms with Crippen LogP contribution < -0.4 is 5.56 Å². The number of furan rings is 1. The van der Waals surface area contributed by atoms with Crippen LogP contribution in [0.4, 0.5) is 0 Å². The zero-order valence-corrected chi connectivity index (χ0v) is 18.8. The highest BCUT2D eigenvalue weighted by Gasteiger charge is 2.19. The summed E-state index contributed by atoms with van der Waals surface area (Å²) in [4.78, 5) is 24.4. The lowest BCUT2D eigenvalue weighted by Crippen LogP contribution is -2.21. The number of hydrogen-bond acceptors (Lipinski definition) is 8. The molecule has 0 amide bonds. The topological polar surface area (TPSA) is 86.9 Å². The number of aromatic nitrogens is 4. The minimum absolute atomic E-state index is 0.113. The van der Waals surface area contributed by atoms with E-state index in [9.17, 15) is 4.79 Å². The van der Waals surface area contributed by atoms with Gasteiger partial charge in [-0.1, -0.05) is 28.5 Å². The van der Waals surface area contributed by atoms with E-state index in [1.807, 2.05) is 13.8 Å². The molecule has 0 aliphatic carbocycles. The molecule has 1 aromatic carbocycles. The Kier molecular flexibility index (Phi) is 5.17. The van der Waals surface area contributed by atoms with Crippen LogP contribution in [0.1, 0.15) is 16.3 Å². The zero-order chi connectivity index (χ0) is 21.5. The molecule has 0 saturated heterocycles. The Morgan fingerprint density at radius 3 is 2.71 bits per heavy atom. The van der Waals surface area contributed by atoms with Crippen molar-refractivity contribution < 1.29 is 8.94 Å². The van der Waals surface area contributed by atoms with Crippen LogP contribution in [0.15, 0.2) is 61.6 Å². The number of halogens is 1. The maximum atomic E-state index is 13.5. The normalized spacial score (nSPS) is 11.5. The lowest BCUT2D eigenvalue weighted by molar-refractivity contribution is 0.390. The molecule has 0 aliphatic rings. The van der Waals surface area contributed by atoms with Gasteiger partial charge in [-0.15, -0.1) is 11.3 Å². The molecule has 0 N–H and O–H groups in total. The van der Waals surface area contributed by atoms with Gasteiger partial charge in [-0.3, -0.25) is 9.36 Å². The smallest absolute Gasteiger partial charge is 0.267 e. The molecule has 0 radical (unpaired) electrons. The molecule has 10 heteroatoms. The number of aryl methyl sites for hydroxylation is 2. The van der Waals surface area contributed by atoms with Crippen molar-refractivity contribution in [1.82, 2.24) is 19.7 Å².